The highest BCUT2D eigenvalue weighted by molar-refractivity contribution is 5.38. The zero-order chi connectivity index (χ0) is 19.1. The molecule has 6 nitrogen and oxygen atoms in total. The predicted molar refractivity (Wildman–Crippen MR) is 106 cm³/mol. The summed E-state index contributed by atoms with van der Waals surface area (Å²) in [6.07, 6.45) is 4.76. The minimum atomic E-state index is -0.684. The maximum atomic E-state index is 6.15. The molecule has 1 aliphatic rings. The van der Waals surface area contributed by atoms with Crippen LogP contribution < -0.4 is 4.90 Å². The van der Waals surface area contributed by atoms with Crippen LogP contribution in [-0.2, 0) is 20.8 Å². The van der Waals surface area contributed by atoms with E-state index in [1.807, 2.05) is 16.9 Å². The van der Waals surface area contributed by atoms with E-state index in [-0.39, 0.29) is 6.10 Å². The highest BCUT2D eigenvalue weighted by Crippen LogP contribution is 2.31. The molecular weight excluding hydrogens is 342 g/mol. The number of benzene rings is 1. The average Bonchev–Trinajstić information content (AvgIpc) is 3.17. The van der Waals surface area contributed by atoms with Gasteiger partial charge in [-0.05, 0) is 12.0 Å². The third-order valence-corrected chi connectivity index (χ3v) is 5.25. The second-order valence-electron chi connectivity index (χ2n) is 6.99. The molecule has 0 radical (unpaired) electrons. The summed E-state index contributed by atoms with van der Waals surface area (Å²) in [6, 6.07) is 12.4. The van der Waals surface area contributed by atoms with Crippen LogP contribution in [0.2, 0.25) is 0 Å². The molecule has 0 N–H and O–H groups in total. The van der Waals surface area contributed by atoms with Crippen LogP contribution >= 0.6 is 0 Å². The van der Waals surface area contributed by atoms with Crippen molar-refractivity contribution in [2.24, 2.45) is 0 Å². The van der Waals surface area contributed by atoms with Gasteiger partial charge in [-0.25, -0.2) is 0 Å². The Bertz CT molecular complexity index is 685. The van der Waals surface area contributed by atoms with Gasteiger partial charge in [0, 0.05) is 46.1 Å². The number of aromatic nitrogens is 2. The van der Waals surface area contributed by atoms with E-state index in [1.54, 1.807) is 14.2 Å². The summed E-state index contributed by atoms with van der Waals surface area (Å²) in [5.41, 5.74) is 1.24. The summed E-state index contributed by atoms with van der Waals surface area (Å²) in [7, 11) is 3.40. The number of hydrogen-bond donors (Lipinski definition) is 0. The van der Waals surface area contributed by atoms with Gasteiger partial charge in [-0.3, -0.25) is 4.68 Å². The van der Waals surface area contributed by atoms with E-state index in [2.05, 4.69) is 42.2 Å². The molecule has 1 saturated heterocycles. The first-order valence-electron chi connectivity index (χ1n) is 9.75. The van der Waals surface area contributed by atoms with Crippen molar-refractivity contribution >= 4 is 5.82 Å². The lowest BCUT2D eigenvalue weighted by molar-refractivity contribution is -0.275. The molecule has 1 fully saturated rings. The number of methoxy groups -OCH3 is 2. The van der Waals surface area contributed by atoms with Crippen molar-refractivity contribution in [2.45, 2.75) is 44.6 Å². The van der Waals surface area contributed by atoms with E-state index < -0.39 is 5.79 Å². The van der Waals surface area contributed by atoms with Gasteiger partial charge in [-0.1, -0.05) is 43.7 Å². The van der Waals surface area contributed by atoms with Crippen LogP contribution in [0.1, 0.15) is 31.7 Å². The number of unbranched alkanes of at least 4 members (excludes halogenated alkanes) is 1. The molecule has 0 bridgehead atoms. The van der Waals surface area contributed by atoms with Crippen molar-refractivity contribution in [2.75, 3.05) is 38.8 Å². The quantitative estimate of drug-likeness (QED) is 0.498. The maximum absolute atomic E-state index is 6.15. The van der Waals surface area contributed by atoms with Crippen molar-refractivity contribution in [3.8, 4) is 0 Å². The van der Waals surface area contributed by atoms with E-state index in [9.17, 15) is 0 Å². The van der Waals surface area contributed by atoms with Crippen LogP contribution in [0.15, 0.2) is 42.6 Å². The molecule has 27 heavy (non-hydrogen) atoms. The maximum Gasteiger partial charge on any atom is 0.197 e. The zero-order valence-electron chi connectivity index (χ0n) is 16.6. The third kappa shape index (κ3) is 4.69. The third-order valence-electron chi connectivity index (χ3n) is 5.25. The minimum Gasteiger partial charge on any atom is -0.371 e. The smallest absolute Gasteiger partial charge is 0.197 e. The topological polar surface area (TPSA) is 48.8 Å². The van der Waals surface area contributed by atoms with Crippen molar-refractivity contribution in [1.29, 1.82) is 0 Å². The fraction of sp³-hybridized carbons (Fsp3) is 0.571. The Labute approximate surface area is 162 Å². The van der Waals surface area contributed by atoms with Gasteiger partial charge in [-0.2, -0.15) is 5.10 Å². The van der Waals surface area contributed by atoms with Crippen LogP contribution in [-0.4, -0.2) is 55.6 Å². The fourth-order valence-electron chi connectivity index (χ4n) is 3.57. The first-order chi connectivity index (χ1) is 13.2. The van der Waals surface area contributed by atoms with Crippen LogP contribution in [0.4, 0.5) is 5.82 Å². The van der Waals surface area contributed by atoms with Crippen LogP contribution in [0, 0.1) is 0 Å². The van der Waals surface area contributed by atoms with Gasteiger partial charge >= 0.3 is 0 Å². The number of piperidine rings is 1. The molecule has 0 spiro atoms. The zero-order valence-corrected chi connectivity index (χ0v) is 16.6. The monoisotopic (exact) mass is 373 g/mol. The molecule has 1 aromatic carbocycles. The van der Waals surface area contributed by atoms with E-state index in [4.69, 9.17) is 19.3 Å². The van der Waals surface area contributed by atoms with Crippen molar-refractivity contribution in [1.82, 2.24) is 9.78 Å². The van der Waals surface area contributed by atoms with E-state index in [1.165, 1.54) is 5.56 Å². The number of ether oxygens (including phenoxy) is 3. The Hall–Kier alpha value is -1.89. The second kappa shape index (κ2) is 9.35. The average molecular weight is 373 g/mol. The van der Waals surface area contributed by atoms with Crippen LogP contribution in [0.5, 0.6) is 0 Å². The highest BCUT2D eigenvalue weighted by Gasteiger charge is 2.45. The number of nitrogens with zero attached hydrogens (tertiary/aromatic N) is 3. The summed E-state index contributed by atoms with van der Waals surface area (Å²) < 4.78 is 19.6. The summed E-state index contributed by atoms with van der Waals surface area (Å²) in [5.74, 6) is 0.285. The highest BCUT2D eigenvalue weighted by atomic mass is 16.7. The van der Waals surface area contributed by atoms with Gasteiger partial charge in [0.25, 0.3) is 0 Å². The summed E-state index contributed by atoms with van der Waals surface area (Å²) in [5, 5.41) is 4.76. The predicted octanol–water partition coefficient (Wildman–Crippen LogP) is 3.32. The Morgan fingerprint density at radius 2 is 1.93 bits per heavy atom. The van der Waals surface area contributed by atoms with Gasteiger partial charge < -0.3 is 19.1 Å². The van der Waals surface area contributed by atoms with Gasteiger partial charge in [0.05, 0.1) is 13.1 Å². The number of rotatable bonds is 9. The fourth-order valence-corrected chi connectivity index (χ4v) is 3.57. The van der Waals surface area contributed by atoms with E-state index >= 15 is 0 Å². The molecular formula is C21H31N3O3. The molecule has 0 aliphatic carbocycles. The molecule has 2 aromatic rings. The second-order valence-corrected chi connectivity index (χ2v) is 6.99. The molecule has 0 saturated carbocycles. The number of anilines is 1. The van der Waals surface area contributed by atoms with E-state index in [0.29, 0.717) is 13.2 Å². The Kier molecular flexibility index (Phi) is 6.88. The Morgan fingerprint density at radius 3 is 2.63 bits per heavy atom. The molecule has 2 heterocycles. The van der Waals surface area contributed by atoms with E-state index in [0.717, 1.165) is 38.2 Å². The first kappa shape index (κ1) is 19.9. The summed E-state index contributed by atoms with van der Waals surface area (Å²) in [6.45, 7) is 5.17. The molecule has 1 aliphatic heterocycles. The van der Waals surface area contributed by atoms with Gasteiger partial charge in [-0.15, -0.1) is 0 Å². The SMILES string of the molecule is CCCCOC1CN(c2ccn(Cc3ccccc3)n2)CCC1(OC)OC. The van der Waals surface area contributed by atoms with Gasteiger partial charge in [0.15, 0.2) is 11.6 Å². The van der Waals surface area contributed by atoms with Crippen molar-refractivity contribution < 1.29 is 14.2 Å². The van der Waals surface area contributed by atoms with Crippen molar-refractivity contribution in [3.63, 3.8) is 0 Å². The minimum absolute atomic E-state index is 0.146. The Balaban J connectivity index is 1.68. The van der Waals surface area contributed by atoms with Crippen LogP contribution in [0.25, 0.3) is 0 Å². The normalized spacial score (nSPS) is 19.4. The standard InChI is InChI=1S/C21H31N3O3/c1-4-5-15-27-19-17-23(14-12-21(19,25-2)26-3)20-11-13-24(22-20)16-18-9-7-6-8-10-18/h6-11,13,19H,4-5,12,14-17H2,1-3H3. The lowest BCUT2D eigenvalue weighted by Gasteiger charge is -2.45. The lowest BCUT2D eigenvalue weighted by Crippen LogP contribution is -2.59. The van der Waals surface area contributed by atoms with Gasteiger partial charge in [0.1, 0.15) is 6.10 Å². The molecule has 0 amide bonds. The van der Waals surface area contributed by atoms with Crippen LogP contribution in [0.3, 0.4) is 0 Å². The van der Waals surface area contributed by atoms with Gasteiger partial charge in [0.2, 0.25) is 0 Å². The summed E-state index contributed by atoms with van der Waals surface area (Å²) in [4.78, 5) is 2.26. The largest absolute Gasteiger partial charge is 0.371 e. The van der Waals surface area contributed by atoms with Crippen molar-refractivity contribution in [3.05, 3.63) is 48.2 Å². The first-order valence-corrected chi connectivity index (χ1v) is 9.75. The lowest BCUT2D eigenvalue weighted by atomic mass is 9.99. The Morgan fingerprint density at radius 1 is 1.15 bits per heavy atom. The molecule has 3 rings (SSSR count). The summed E-state index contributed by atoms with van der Waals surface area (Å²) >= 11 is 0. The molecule has 1 unspecified atom stereocenters. The number of hydrogen-bond acceptors (Lipinski definition) is 5. The molecule has 148 valence electrons. The molecule has 1 atom stereocenters. The molecule has 6 heteroatoms. The molecule has 1 aromatic heterocycles.